The van der Waals surface area contributed by atoms with E-state index >= 15 is 0 Å². The lowest BCUT2D eigenvalue weighted by Crippen LogP contribution is -2.35. The Bertz CT molecular complexity index is 649. The Morgan fingerprint density at radius 1 is 1.38 bits per heavy atom. The quantitative estimate of drug-likeness (QED) is 0.917. The van der Waals surface area contributed by atoms with Gasteiger partial charge in [0.15, 0.2) is 0 Å². The highest BCUT2D eigenvalue weighted by atomic mass is 16.4. The van der Waals surface area contributed by atoms with E-state index in [4.69, 9.17) is 5.11 Å². The summed E-state index contributed by atoms with van der Waals surface area (Å²) in [7, 11) is 1.82. The van der Waals surface area contributed by atoms with Crippen molar-refractivity contribution in [2.75, 3.05) is 7.05 Å². The molecular weight excluding hydrogens is 266 g/mol. The van der Waals surface area contributed by atoms with E-state index in [2.05, 4.69) is 11.2 Å². The average molecular weight is 287 g/mol. The molecule has 1 atom stereocenters. The first-order chi connectivity index (χ1) is 9.88. The highest BCUT2D eigenvalue weighted by molar-refractivity contribution is 5.72. The Hall–Kier alpha value is -2.14. The molecule has 0 spiro atoms. The molecule has 2 rings (SSSR count). The van der Waals surface area contributed by atoms with Gasteiger partial charge in [-0.2, -0.15) is 5.10 Å². The number of carbonyl (C=O) groups is 1. The maximum atomic E-state index is 11.0. The Morgan fingerprint density at radius 2 is 2.10 bits per heavy atom. The molecule has 2 aromatic rings. The number of likely N-dealkylation sites (N-methyl/N-ethyl adjacent to an activating group) is 1. The second-order valence-corrected chi connectivity index (χ2v) is 5.44. The van der Waals surface area contributed by atoms with Gasteiger partial charge >= 0.3 is 5.97 Å². The molecule has 0 bridgehead atoms. The van der Waals surface area contributed by atoms with Crippen LogP contribution in [0, 0.1) is 13.8 Å². The molecule has 0 aliphatic carbocycles. The van der Waals surface area contributed by atoms with Crippen LogP contribution in [-0.4, -0.2) is 38.8 Å². The molecule has 0 amide bonds. The fraction of sp³-hybridized carbons (Fsp3) is 0.375. The molecule has 0 saturated heterocycles. The highest BCUT2D eigenvalue weighted by Crippen LogP contribution is 2.17. The summed E-state index contributed by atoms with van der Waals surface area (Å²) in [5, 5.41) is 13.4. The van der Waals surface area contributed by atoms with Crippen LogP contribution >= 0.6 is 0 Å². The number of hydrogen-bond acceptors (Lipinski definition) is 3. The van der Waals surface area contributed by atoms with Crippen molar-refractivity contribution < 1.29 is 9.90 Å². The molecule has 0 fully saturated rings. The summed E-state index contributed by atoms with van der Waals surface area (Å²) in [5.74, 6) is -0.807. The van der Waals surface area contributed by atoms with Crippen molar-refractivity contribution in [1.29, 1.82) is 0 Å². The van der Waals surface area contributed by atoms with Crippen LogP contribution in [0.4, 0.5) is 0 Å². The normalized spacial score (nSPS) is 12.6. The van der Waals surface area contributed by atoms with Crippen LogP contribution in [0.1, 0.15) is 23.7 Å². The lowest BCUT2D eigenvalue weighted by Gasteiger charge is -2.22. The van der Waals surface area contributed by atoms with Crippen molar-refractivity contribution in [3.8, 4) is 5.69 Å². The monoisotopic (exact) mass is 287 g/mol. The number of aryl methyl sites for hydroxylation is 2. The third-order valence-electron chi connectivity index (χ3n) is 3.75. The summed E-state index contributed by atoms with van der Waals surface area (Å²) in [5.41, 5.74) is 4.24. The van der Waals surface area contributed by atoms with Gasteiger partial charge in [0.25, 0.3) is 0 Å². The first kappa shape index (κ1) is 15.3. The molecule has 0 saturated carbocycles. The van der Waals surface area contributed by atoms with E-state index < -0.39 is 12.0 Å². The van der Waals surface area contributed by atoms with Crippen LogP contribution < -0.4 is 0 Å². The van der Waals surface area contributed by atoms with Gasteiger partial charge in [-0.3, -0.25) is 9.69 Å². The molecular formula is C16H21N3O2. The minimum atomic E-state index is -0.807. The van der Waals surface area contributed by atoms with Gasteiger partial charge in [0.1, 0.15) is 6.04 Å². The molecule has 0 aliphatic heterocycles. The number of hydrogen-bond donors (Lipinski definition) is 1. The van der Waals surface area contributed by atoms with Crippen LogP contribution in [0.3, 0.4) is 0 Å². The summed E-state index contributed by atoms with van der Waals surface area (Å²) in [4.78, 5) is 12.8. The number of carboxylic acids is 1. The maximum absolute atomic E-state index is 11.0. The molecule has 1 aromatic heterocycles. The van der Waals surface area contributed by atoms with E-state index in [9.17, 15) is 4.79 Å². The number of carboxylic acid groups (broad SMARTS) is 1. The van der Waals surface area contributed by atoms with Crippen LogP contribution in [0.25, 0.3) is 5.69 Å². The van der Waals surface area contributed by atoms with Gasteiger partial charge in [0.2, 0.25) is 0 Å². The van der Waals surface area contributed by atoms with Gasteiger partial charge in [-0.15, -0.1) is 0 Å². The van der Waals surface area contributed by atoms with Crippen molar-refractivity contribution in [1.82, 2.24) is 14.7 Å². The smallest absolute Gasteiger partial charge is 0.320 e. The van der Waals surface area contributed by atoms with E-state index in [1.54, 1.807) is 6.92 Å². The molecule has 0 aliphatic rings. The Labute approximate surface area is 124 Å². The third-order valence-corrected chi connectivity index (χ3v) is 3.75. The van der Waals surface area contributed by atoms with Gasteiger partial charge < -0.3 is 5.11 Å². The molecule has 112 valence electrons. The summed E-state index contributed by atoms with van der Waals surface area (Å²) in [6.45, 7) is 6.30. The first-order valence-electron chi connectivity index (χ1n) is 6.93. The number of benzene rings is 1. The van der Waals surface area contributed by atoms with E-state index in [1.807, 2.05) is 54.9 Å². The second kappa shape index (κ2) is 6.10. The standard InChI is InChI=1S/C16H21N3O2/c1-11-9-15(19-8-7-12(2)17-19)6-5-14(11)10-18(4)13(3)16(20)21/h5-9,13H,10H2,1-4H3,(H,20,21). The van der Waals surface area contributed by atoms with Gasteiger partial charge in [-0.05, 0) is 57.1 Å². The minimum absolute atomic E-state index is 0.502. The fourth-order valence-corrected chi connectivity index (χ4v) is 2.15. The number of aliphatic carboxylic acids is 1. The SMILES string of the molecule is Cc1ccn(-c2ccc(CN(C)C(C)C(=O)O)c(C)c2)n1. The third kappa shape index (κ3) is 3.49. The number of rotatable bonds is 5. The van der Waals surface area contributed by atoms with Gasteiger partial charge in [0, 0.05) is 12.7 Å². The lowest BCUT2D eigenvalue weighted by molar-refractivity contribution is -0.142. The largest absolute Gasteiger partial charge is 0.480 e. The van der Waals surface area contributed by atoms with Crippen LogP contribution in [0.2, 0.25) is 0 Å². The molecule has 1 heterocycles. The molecule has 21 heavy (non-hydrogen) atoms. The highest BCUT2D eigenvalue weighted by Gasteiger charge is 2.17. The van der Waals surface area contributed by atoms with E-state index in [-0.39, 0.29) is 0 Å². The van der Waals surface area contributed by atoms with E-state index in [1.165, 1.54) is 0 Å². The summed E-state index contributed by atoms with van der Waals surface area (Å²) in [6.07, 6.45) is 1.93. The number of aromatic nitrogens is 2. The molecule has 1 N–H and O–H groups in total. The molecule has 1 aromatic carbocycles. The lowest BCUT2D eigenvalue weighted by atomic mass is 10.1. The molecule has 0 radical (unpaired) electrons. The van der Waals surface area contributed by atoms with Crippen molar-refractivity contribution in [2.24, 2.45) is 0 Å². The van der Waals surface area contributed by atoms with Crippen molar-refractivity contribution in [2.45, 2.75) is 33.4 Å². The molecule has 1 unspecified atom stereocenters. The topological polar surface area (TPSA) is 58.4 Å². The summed E-state index contributed by atoms with van der Waals surface area (Å²) < 4.78 is 1.84. The van der Waals surface area contributed by atoms with E-state index in [0.717, 1.165) is 22.5 Å². The van der Waals surface area contributed by atoms with Crippen LogP contribution in [0.15, 0.2) is 30.5 Å². The van der Waals surface area contributed by atoms with Crippen LogP contribution in [0.5, 0.6) is 0 Å². The predicted octanol–water partition coefficient (Wildman–Crippen LogP) is 2.39. The van der Waals surface area contributed by atoms with Crippen molar-refractivity contribution in [3.05, 3.63) is 47.3 Å². The van der Waals surface area contributed by atoms with Gasteiger partial charge in [-0.1, -0.05) is 6.07 Å². The Kier molecular flexibility index (Phi) is 4.43. The van der Waals surface area contributed by atoms with Crippen molar-refractivity contribution >= 4 is 5.97 Å². The summed E-state index contributed by atoms with van der Waals surface area (Å²) >= 11 is 0. The predicted molar refractivity (Wildman–Crippen MR) is 81.6 cm³/mol. The average Bonchev–Trinajstić information content (AvgIpc) is 2.86. The zero-order valence-corrected chi connectivity index (χ0v) is 12.9. The zero-order chi connectivity index (χ0) is 15.6. The molecule has 5 nitrogen and oxygen atoms in total. The fourth-order valence-electron chi connectivity index (χ4n) is 2.15. The maximum Gasteiger partial charge on any atom is 0.320 e. The zero-order valence-electron chi connectivity index (χ0n) is 12.9. The second-order valence-electron chi connectivity index (χ2n) is 5.44. The number of nitrogens with zero attached hydrogens (tertiary/aromatic N) is 3. The Morgan fingerprint density at radius 3 is 2.62 bits per heavy atom. The van der Waals surface area contributed by atoms with Crippen LogP contribution in [-0.2, 0) is 11.3 Å². The summed E-state index contributed by atoms with van der Waals surface area (Å²) in [6, 6.07) is 7.57. The Balaban J connectivity index is 2.18. The first-order valence-corrected chi connectivity index (χ1v) is 6.93. The molecule has 5 heteroatoms. The minimum Gasteiger partial charge on any atom is -0.480 e. The van der Waals surface area contributed by atoms with Crippen molar-refractivity contribution in [3.63, 3.8) is 0 Å². The van der Waals surface area contributed by atoms with E-state index in [0.29, 0.717) is 6.54 Å². The van der Waals surface area contributed by atoms with Gasteiger partial charge in [-0.25, -0.2) is 4.68 Å². The van der Waals surface area contributed by atoms with Gasteiger partial charge in [0.05, 0.1) is 11.4 Å².